The Labute approximate surface area is 102 Å². The van der Waals surface area contributed by atoms with Gasteiger partial charge in [0.2, 0.25) is 0 Å². The predicted octanol–water partition coefficient (Wildman–Crippen LogP) is 2.78. The molecular formula is C12H10N2O2S. The van der Waals surface area contributed by atoms with Crippen molar-refractivity contribution in [1.29, 1.82) is 0 Å². The fraction of sp³-hybridized carbons (Fsp3) is 0.250. The second-order valence-electron chi connectivity index (χ2n) is 4.09. The summed E-state index contributed by atoms with van der Waals surface area (Å²) in [6.07, 6.45) is 2.12. The van der Waals surface area contributed by atoms with E-state index in [-0.39, 0.29) is 5.69 Å². The summed E-state index contributed by atoms with van der Waals surface area (Å²) in [6, 6.07) is 3.48. The molecule has 1 aliphatic rings. The van der Waals surface area contributed by atoms with E-state index in [1.807, 2.05) is 16.8 Å². The van der Waals surface area contributed by atoms with Crippen molar-refractivity contribution in [2.45, 2.75) is 18.8 Å². The normalized spacial score (nSPS) is 14.8. The second-order valence-corrected chi connectivity index (χ2v) is 4.87. The molecule has 1 aliphatic carbocycles. The third-order valence-electron chi connectivity index (χ3n) is 2.72. The van der Waals surface area contributed by atoms with Crippen LogP contribution in [0.25, 0.3) is 11.3 Å². The molecule has 0 aliphatic heterocycles. The lowest BCUT2D eigenvalue weighted by molar-refractivity contribution is 0.0690. The van der Waals surface area contributed by atoms with Crippen LogP contribution in [0, 0.1) is 0 Å². The van der Waals surface area contributed by atoms with Crippen molar-refractivity contribution in [3.63, 3.8) is 0 Å². The number of thiophene rings is 1. The van der Waals surface area contributed by atoms with Crippen molar-refractivity contribution >= 4 is 17.3 Å². The smallest absolute Gasteiger partial charge is 0.354 e. The van der Waals surface area contributed by atoms with Crippen molar-refractivity contribution in [1.82, 2.24) is 9.97 Å². The minimum Gasteiger partial charge on any atom is -0.477 e. The molecule has 0 spiro atoms. The molecule has 0 unspecified atom stereocenters. The quantitative estimate of drug-likeness (QED) is 0.904. The van der Waals surface area contributed by atoms with E-state index in [1.165, 1.54) is 6.07 Å². The first-order valence-corrected chi connectivity index (χ1v) is 6.33. The summed E-state index contributed by atoms with van der Waals surface area (Å²) in [6.45, 7) is 0. The van der Waals surface area contributed by atoms with Crippen LogP contribution >= 0.6 is 11.3 Å². The van der Waals surface area contributed by atoms with Crippen LogP contribution in [0.2, 0.25) is 0 Å². The Kier molecular flexibility index (Phi) is 2.40. The fourth-order valence-corrected chi connectivity index (χ4v) is 2.31. The van der Waals surface area contributed by atoms with Gasteiger partial charge in [0, 0.05) is 16.9 Å². The first-order valence-electron chi connectivity index (χ1n) is 5.39. The van der Waals surface area contributed by atoms with Crippen molar-refractivity contribution in [2.75, 3.05) is 0 Å². The van der Waals surface area contributed by atoms with Crippen molar-refractivity contribution in [3.05, 3.63) is 34.4 Å². The predicted molar refractivity (Wildman–Crippen MR) is 64.3 cm³/mol. The van der Waals surface area contributed by atoms with Gasteiger partial charge in [0.25, 0.3) is 0 Å². The molecule has 86 valence electrons. The molecule has 4 nitrogen and oxygen atoms in total. The van der Waals surface area contributed by atoms with Crippen molar-refractivity contribution < 1.29 is 9.90 Å². The fourth-order valence-electron chi connectivity index (χ4n) is 1.66. The average Bonchev–Trinajstić information content (AvgIpc) is 3.04. The standard InChI is InChI=1S/C12H10N2O2S/c15-12(16)10-5-9(8-3-4-17-6-8)13-11(14-10)7-1-2-7/h3-7H,1-2H2,(H,15,16). The molecule has 1 fully saturated rings. The molecule has 0 radical (unpaired) electrons. The Bertz CT molecular complexity index is 562. The summed E-state index contributed by atoms with van der Waals surface area (Å²) in [7, 11) is 0. The number of carboxylic acid groups (broad SMARTS) is 1. The molecule has 0 atom stereocenters. The van der Waals surface area contributed by atoms with Crippen molar-refractivity contribution in [3.8, 4) is 11.3 Å². The molecule has 0 saturated heterocycles. The monoisotopic (exact) mass is 246 g/mol. The molecule has 0 amide bonds. The Hall–Kier alpha value is -1.75. The zero-order chi connectivity index (χ0) is 11.8. The zero-order valence-corrected chi connectivity index (χ0v) is 9.78. The largest absolute Gasteiger partial charge is 0.477 e. The van der Waals surface area contributed by atoms with Crippen LogP contribution in [-0.4, -0.2) is 21.0 Å². The van der Waals surface area contributed by atoms with Gasteiger partial charge >= 0.3 is 5.97 Å². The molecule has 0 aromatic carbocycles. The summed E-state index contributed by atoms with van der Waals surface area (Å²) in [5, 5.41) is 13.0. The Morgan fingerprint density at radius 2 is 2.24 bits per heavy atom. The number of carboxylic acids is 1. The highest BCUT2D eigenvalue weighted by Gasteiger charge is 2.28. The van der Waals surface area contributed by atoms with Crippen LogP contribution in [-0.2, 0) is 0 Å². The topological polar surface area (TPSA) is 63.1 Å². The molecule has 1 N–H and O–H groups in total. The molecular weight excluding hydrogens is 236 g/mol. The number of aromatic nitrogens is 2. The molecule has 2 aromatic heterocycles. The highest BCUT2D eigenvalue weighted by molar-refractivity contribution is 7.08. The summed E-state index contributed by atoms with van der Waals surface area (Å²) < 4.78 is 0. The Morgan fingerprint density at radius 1 is 1.41 bits per heavy atom. The van der Waals surface area contributed by atoms with Crippen LogP contribution in [0.4, 0.5) is 0 Å². The van der Waals surface area contributed by atoms with E-state index in [0.717, 1.165) is 18.4 Å². The van der Waals surface area contributed by atoms with Gasteiger partial charge in [-0.1, -0.05) is 0 Å². The van der Waals surface area contributed by atoms with E-state index in [0.29, 0.717) is 17.4 Å². The van der Waals surface area contributed by atoms with E-state index < -0.39 is 5.97 Å². The van der Waals surface area contributed by atoms with Gasteiger partial charge in [-0.3, -0.25) is 0 Å². The number of carbonyl (C=O) groups is 1. The molecule has 17 heavy (non-hydrogen) atoms. The lowest BCUT2D eigenvalue weighted by Crippen LogP contribution is -2.05. The maximum Gasteiger partial charge on any atom is 0.354 e. The third kappa shape index (κ3) is 2.06. The summed E-state index contributed by atoms with van der Waals surface area (Å²) in [5.41, 5.74) is 1.76. The van der Waals surface area contributed by atoms with Crippen molar-refractivity contribution in [2.24, 2.45) is 0 Å². The lowest BCUT2D eigenvalue weighted by atomic mass is 10.2. The van der Waals surface area contributed by atoms with Crippen LogP contribution in [0.3, 0.4) is 0 Å². The second kappa shape index (κ2) is 3.92. The minimum absolute atomic E-state index is 0.0862. The van der Waals surface area contributed by atoms with Gasteiger partial charge in [0.05, 0.1) is 5.69 Å². The van der Waals surface area contributed by atoms with E-state index >= 15 is 0 Å². The van der Waals surface area contributed by atoms with Gasteiger partial charge in [0.1, 0.15) is 5.82 Å². The van der Waals surface area contributed by atoms with Crippen LogP contribution in [0.5, 0.6) is 0 Å². The van der Waals surface area contributed by atoms with Gasteiger partial charge in [-0.2, -0.15) is 11.3 Å². The average molecular weight is 246 g/mol. The first-order chi connectivity index (χ1) is 8.24. The van der Waals surface area contributed by atoms with E-state index in [1.54, 1.807) is 11.3 Å². The van der Waals surface area contributed by atoms with Gasteiger partial charge in [-0.05, 0) is 30.4 Å². The Balaban J connectivity index is 2.11. The molecule has 2 aromatic rings. The number of aromatic carboxylic acids is 1. The van der Waals surface area contributed by atoms with Gasteiger partial charge in [-0.15, -0.1) is 0 Å². The molecule has 5 heteroatoms. The summed E-state index contributed by atoms with van der Waals surface area (Å²) in [4.78, 5) is 19.6. The Morgan fingerprint density at radius 3 is 2.82 bits per heavy atom. The number of nitrogens with zero attached hydrogens (tertiary/aromatic N) is 2. The SMILES string of the molecule is O=C(O)c1cc(-c2ccsc2)nc(C2CC2)n1. The summed E-state index contributed by atoms with van der Waals surface area (Å²) >= 11 is 1.57. The lowest BCUT2D eigenvalue weighted by Gasteiger charge is -2.03. The van der Waals surface area contributed by atoms with E-state index in [4.69, 9.17) is 5.11 Å². The van der Waals surface area contributed by atoms with Gasteiger partial charge < -0.3 is 5.11 Å². The molecule has 3 rings (SSSR count). The van der Waals surface area contributed by atoms with Gasteiger partial charge in [-0.25, -0.2) is 14.8 Å². The van der Waals surface area contributed by atoms with Crippen LogP contribution in [0.1, 0.15) is 35.1 Å². The maximum atomic E-state index is 11.0. The minimum atomic E-state index is -0.995. The first kappa shape index (κ1) is 10.4. The zero-order valence-electron chi connectivity index (χ0n) is 8.96. The molecule has 2 heterocycles. The molecule has 1 saturated carbocycles. The highest BCUT2D eigenvalue weighted by Crippen LogP contribution is 2.38. The number of hydrogen-bond acceptors (Lipinski definition) is 4. The van der Waals surface area contributed by atoms with Gasteiger partial charge in [0.15, 0.2) is 5.69 Å². The highest BCUT2D eigenvalue weighted by atomic mass is 32.1. The van der Waals surface area contributed by atoms with Crippen LogP contribution < -0.4 is 0 Å². The van der Waals surface area contributed by atoms with Crippen LogP contribution in [0.15, 0.2) is 22.9 Å². The number of rotatable bonds is 3. The molecule has 0 bridgehead atoms. The third-order valence-corrected chi connectivity index (χ3v) is 3.41. The summed E-state index contributed by atoms with van der Waals surface area (Å²) in [5.74, 6) is 0.0311. The number of hydrogen-bond donors (Lipinski definition) is 1. The van der Waals surface area contributed by atoms with E-state index in [9.17, 15) is 4.79 Å². The van der Waals surface area contributed by atoms with E-state index in [2.05, 4.69) is 9.97 Å². The maximum absolute atomic E-state index is 11.0.